The number of rotatable bonds is 6. The monoisotopic (exact) mass is 368 g/mol. The lowest BCUT2D eigenvalue weighted by molar-refractivity contribution is 0.0951. The fourth-order valence-corrected chi connectivity index (χ4v) is 2.98. The molecule has 6 nitrogen and oxygen atoms in total. The number of sulfonamides is 1. The van der Waals surface area contributed by atoms with E-state index in [4.69, 9.17) is 16.3 Å². The molecule has 0 fully saturated rings. The van der Waals surface area contributed by atoms with E-state index in [1.165, 1.54) is 25.2 Å². The second-order valence-corrected chi connectivity index (χ2v) is 7.18. The summed E-state index contributed by atoms with van der Waals surface area (Å²) in [5.41, 5.74) is 0.939. The molecule has 0 aromatic heterocycles. The number of hydrogen-bond donors (Lipinski definition) is 2. The predicted octanol–water partition coefficient (Wildman–Crippen LogP) is 2.19. The van der Waals surface area contributed by atoms with E-state index in [0.29, 0.717) is 5.75 Å². The maximum atomic E-state index is 12.3. The summed E-state index contributed by atoms with van der Waals surface area (Å²) < 4.78 is 31.0. The number of methoxy groups -OCH3 is 1. The van der Waals surface area contributed by atoms with Gasteiger partial charge in [-0.25, -0.2) is 13.1 Å². The lowest BCUT2D eigenvalue weighted by atomic mass is 10.2. The summed E-state index contributed by atoms with van der Waals surface area (Å²) in [6.45, 7) is 0.259. The molecule has 1 amide bonds. The minimum atomic E-state index is -3.65. The lowest BCUT2D eigenvalue weighted by Gasteiger charge is -2.10. The molecule has 2 aromatic rings. The van der Waals surface area contributed by atoms with Crippen molar-refractivity contribution in [1.29, 1.82) is 0 Å². The van der Waals surface area contributed by atoms with Crippen LogP contribution >= 0.6 is 11.6 Å². The molecule has 2 N–H and O–H groups in total. The summed E-state index contributed by atoms with van der Waals surface area (Å²) >= 11 is 6.02. The van der Waals surface area contributed by atoms with Crippen LogP contribution in [-0.2, 0) is 16.6 Å². The van der Waals surface area contributed by atoms with Crippen LogP contribution in [0.2, 0.25) is 5.02 Å². The topological polar surface area (TPSA) is 84.5 Å². The van der Waals surface area contributed by atoms with Gasteiger partial charge in [-0.1, -0.05) is 23.7 Å². The minimum Gasteiger partial charge on any atom is -0.497 e. The van der Waals surface area contributed by atoms with Gasteiger partial charge in [-0.15, -0.1) is 0 Å². The Hall–Kier alpha value is -2.09. The number of ether oxygens (including phenoxy) is 1. The minimum absolute atomic E-state index is 0.0269. The van der Waals surface area contributed by atoms with Crippen molar-refractivity contribution in [2.75, 3.05) is 14.2 Å². The molecule has 0 bridgehead atoms. The molecule has 0 aliphatic rings. The Balaban J connectivity index is 2.19. The summed E-state index contributed by atoms with van der Waals surface area (Å²) in [5.74, 6) is 0.220. The first-order valence-electron chi connectivity index (χ1n) is 7.01. The van der Waals surface area contributed by atoms with Crippen LogP contribution in [0.15, 0.2) is 47.4 Å². The highest BCUT2D eigenvalue weighted by molar-refractivity contribution is 7.89. The zero-order chi connectivity index (χ0) is 17.7. The van der Waals surface area contributed by atoms with Crippen LogP contribution in [0.5, 0.6) is 5.75 Å². The third kappa shape index (κ3) is 4.25. The molecule has 0 heterocycles. The van der Waals surface area contributed by atoms with Crippen molar-refractivity contribution < 1.29 is 17.9 Å². The molecule has 0 aliphatic carbocycles. The molecule has 128 valence electrons. The maximum absolute atomic E-state index is 12.3. The van der Waals surface area contributed by atoms with Gasteiger partial charge >= 0.3 is 0 Å². The molecule has 0 aliphatic heterocycles. The van der Waals surface area contributed by atoms with Crippen LogP contribution in [0, 0.1) is 0 Å². The quantitative estimate of drug-likeness (QED) is 0.818. The van der Waals surface area contributed by atoms with Gasteiger partial charge in [0.25, 0.3) is 5.91 Å². The van der Waals surface area contributed by atoms with E-state index in [2.05, 4.69) is 10.0 Å². The fourth-order valence-electron chi connectivity index (χ4n) is 2.02. The van der Waals surface area contributed by atoms with Crippen molar-refractivity contribution in [3.05, 3.63) is 58.6 Å². The van der Waals surface area contributed by atoms with E-state index in [1.807, 2.05) is 12.1 Å². The van der Waals surface area contributed by atoms with Crippen LogP contribution in [0.1, 0.15) is 15.9 Å². The van der Waals surface area contributed by atoms with Crippen molar-refractivity contribution in [2.24, 2.45) is 0 Å². The zero-order valence-corrected chi connectivity index (χ0v) is 14.7. The van der Waals surface area contributed by atoms with E-state index in [9.17, 15) is 13.2 Å². The molecule has 0 atom stereocenters. The summed E-state index contributed by atoms with van der Waals surface area (Å²) in [6, 6.07) is 11.2. The average molecular weight is 369 g/mol. The smallest absolute Gasteiger partial charge is 0.253 e. The molecule has 2 aromatic carbocycles. The highest BCUT2D eigenvalue weighted by atomic mass is 35.5. The van der Waals surface area contributed by atoms with Gasteiger partial charge in [0.1, 0.15) is 5.75 Å². The molecule has 0 saturated carbocycles. The third-order valence-electron chi connectivity index (χ3n) is 3.35. The summed E-state index contributed by atoms with van der Waals surface area (Å²) in [4.78, 5) is 12.3. The maximum Gasteiger partial charge on any atom is 0.253 e. The SMILES string of the molecule is CNS(=O)(=O)c1ccc(Cl)c(C(=O)NCc2cccc(OC)c2)c1. The van der Waals surface area contributed by atoms with E-state index in [0.717, 1.165) is 5.56 Å². The molecule has 0 spiro atoms. The second-order valence-electron chi connectivity index (χ2n) is 4.88. The van der Waals surface area contributed by atoms with E-state index < -0.39 is 15.9 Å². The number of nitrogens with one attached hydrogen (secondary N) is 2. The fraction of sp³-hybridized carbons (Fsp3) is 0.188. The highest BCUT2D eigenvalue weighted by Crippen LogP contribution is 2.20. The second kappa shape index (κ2) is 7.65. The molecule has 8 heteroatoms. The zero-order valence-electron chi connectivity index (χ0n) is 13.2. The molecule has 0 saturated heterocycles. The van der Waals surface area contributed by atoms with Gasteiger partial charge in [0.15, 0.2) is 0 Å². The van der Waals surface area contributed by atoms with Gasteiger partial charge in [0.2, 0.25) is 10.0 Å². The molecular formula is C16H17ClN2O4S. The van der Waals surface area contributed by atoms with Gasteiger partial charge in [0.05, 0.1) is 22.6 Å². The summed E-state index contributed by atoms with van der Waals surface area (Å²) in [7, 11) is -0.793. The van der Waals surface area contributed by atoms with Crippen molar-refractivity contribution >= 4 is 27.5 Å². The Bertz CT molecular complexity index is 853. The van der Waals surface area contributed by atoms with Crippen LogP contribution in [-0.4, -0.2) is 28.5 Å². The Morgan fingerprint density at radius 2 is 1.96 bits per heavy atom. The van der Waals surface area contributed by atoms with Gasteiger partial charge in [-0.05, 0) is 42.9 Å². The Morgan fingerprint density at radius 3 is 2.62 bits per heavy atom. The largest absolute Gasteiger partial charge is 0.497 e. The third-order valence-corrected chi connectivity index (χ3v) is 5.09. The van der Waals surface area contributed by atoms with E-state index in [1.54, 1.807) is 19.2 Å². The average Bonchev–Trinajstić information content (AvgIpc) is 2.60. The number of benzene rings is 2. The van der Waals surface area contributed by atoms with Crippen LogP contribution in [0.3, 0.4) is 0 Å². The predicted molar refractivity (Wildman–Crippen MR) is 91.9 cm³/mol. The van der Waals surface area contributed by atoms with Crippen molar-refractivity contribution in [2.45, 2.75) is 11.4 Å². The number of amides is 1. The first-order chi connectivity index (χ1) is 11.4. The standard InChI is InChI=1S/C16H17ClN2O4S/c1-18-24(21,22)13-6-7-15(17)14(9-13)16(20)19-10-11-4-3-5-12(8-11)23-2/h3-9,18H,10H2,1-2H3,(H,19,20). The first kappa shape index (κ1) is 18.3. The summed E-state index contributed by atoms with van der Waals surface area (Å²) in [5, 5.41) is 2.88. The lowest BCUT2D eigenvalue weighted by Crippen LogP contribution is -2.24. The van der Waals surface area contributed by atoms with E-state index in [-0.39, 0.29) is 22.0 Å². The van der Waals surface area contributed by atoms with Crippen LogP contribution < -0.4 is 14.8 Å². The Labute approximate surface area is 145 Å². The van der Waals surface area contributed by atoms with Crippen LogP contribution in [0.25, 0.3) is 0 Å². The molecule has 0 unspecified atom stereocenters. The molecular weight excluding hydrogens is 352 g/mol. The Kier molecular flexibility index (Phi) is 5.82. The van der Waals surface area contributed by atoms with Crippen molar-refractivity contribution in [1.82, 2.24) is 10.0 Å². The first-order valence-corrected chi connectivity index (χ1v) is 8.87. The molecule has 24 heavy (non-hydrogen) atoms. The highest BCUT2D eigenvalue weighted by Gasteiger charge is 2.17. The van der Waals surface area contributed by atoms with Gasteiger partial charge < -0.3 is 10.1 Å². The number of halogens is 1. The molecule has 0 radical (unpaired) electrons. The van der Waals surface area contributed by atoms with Crippen molar-refractivity contribution in [3.63, 3.8) is 0 Å². The number of carbonyl (C=O) groups is 1. The summed E-state index contributed by atoms with van der Waals surface area (Å²) in [6.07, 6.45) is 0. The van der Waals surface area contributed by atoms with E-state index >= 15 is 0 Å². The van der Waals surface area contributed by atoms with Crippen LogP contribution in [0.4, 0.5) is 0 Å². The normalized spacial score (nSPS) is 11.1. The number of hydrogen-bond acceptors (Lipinski definition) is 4. The number of carbonyl (C=O) groups excluding carboxylic acids is 1. The Morgan fingerprint density at radius 1 is 1.21 bits per heavy atom. The van der Waals surface area contributed by atoms with Gasteiger partial charge in [-0.3, -0.25) is 4.79 Å². The molecule has 2 rings (SSSR count). The van der Waals surface area contributed by atoms with Crippen molar-refractivity contribution in [3.8, 4) is 5.75 Å². The van der Waals surface area contributed by atoms with Gasteiger partial charge in [-0.2, -0.15) is 0 Å². The van der Waals surface area contributed by atoms with Gasteiger partial charge in [0, 0.05) is 6.54 Å².